The van der Waals surface area contributed by atoms with Crippen molar-refractivity contribution in [2.45, 2.75) is 19.3 Å². The van der Waals surface area contributed by atoms with Crippen molar-refractivity contribution in [2.24, 2.45) is 0 Å². The third-order valence-electron chi connectivity index (χ3n) is 4.23. The smallest absolute Gasteiger partial charge is 0.231 e. The van der Waals surface area contributed by atoms with Gasteiger partial charge in [0.2, 0.25) is 5.91 Å². The molecular formula is C19H20ClNO3. The van der Waals surface area contributed by atoms with Crippen LogP contribution >= 0.6 is 11.6 Å². The van der Waals surface area contributed by atoms with Gasteiger partial charge in [0.25, 0.3) is 0 Å². The normalized spacial score (nSPS) is 13.0. The Bertz CT molecular complexity index is 760. The van der Waals surface area contributed by atoms with Crippen LogP contribution in [0.25, 0.3) is 0 Å². The highest BCUT2D eigenvalue weighted by Crippen LogP contribution is 2.29. The maximum atomic E-state index is 12.6. The number of hydrogen-bond acceptors (Lipinski definition) is 3. The van der Waals surface area contributed by atoms with Gasteiger partial charge in [-0.25, -0.2) is 0 Å². The van der Waals surface area contributed by atoms with Gasteiger partial charge in [0.15, 0.2) is 0 Å². The van der Waals surface area contributed by atoms with E-state index in [1.165, 1.54) is 5.56 Å². The molecule has 0 spiro atoms. The van der Waals surface area contributed by atoms with E-state index in [4.69, 9.17) is 21.1 Å². The van der Waals surface area contributed by atoms with Crippen molar-refractivity contribution in [1.29, 1.82) is 0 Å². The first kappa shape index (κ1) is 16.7. The van der Waals surface area contributed by atoms with Gasteiger partial charge in [0.1, 0.15) is 11.5 Å². The molecule has 1 aliphatic rings. The van der Waals surface area contributed by atoms with Crippen LogP contribution in [0.15, 0.2) is 36.4 Å². The number of rotatable bonds is 4. The van der Waals surface area contributed by atoms with Gasteiger partial charge in [-0.2, -0.15) is 0 Å². The minimum absolute atomic E-state index is 0.00733. The summed E-state index contributed by atoms with van der Waals surface area (Å²) in [7, 11) is 3.32. The maximum Gasteiger partial charge on any atom is 0.231 e. The van der Waals surface area contributed by atoms with Gasteiger partial charge in [-0.1, -0.05) is 23.7 Å². The number of halogens is 1. The highest BCUT2D eigenvalue weighted by molar-refractivity contribution is 6.32. The van der Waals surface area contributed by atoms with E-state index in [2.05, 4.69) is 6.07 Å². The van der Waals surface area contributed by atoms with Gasteiger partial charge < -0.3 is 14.4 Å². The summed E-state index contributed by atoms with van der Waals surface area (Å²) >= 11 is 6.14. The van der Waals surface area contributed by atoms with Crippen molar-refractivity contribution in [3.8, 4) is 11.5 Å². The molecule has 24 heavy (non-hydrogen) atoms. The lowest BCUT2D eigenvalue weighted by atomic mass is 10.0. The lowest BCUT2D eigenvalue weighted by Crippen LogP contribution is -2.27. The van der Waals surface area contributed by atoms with E-state index in [0.29, 0.717) is 17.2 Å². The monoisotopic (exact) mass is 345 g/mol. The highest BCUT2D eigenvalue weighted by atomic mass is 35.5. The number of carbonyl (C=O) groups is 1. The molecule has 0 saturated heterocycles. The lowest BCUT2D eigenvalue weighted by molar-refractivity contribution is -0.117. The minimum atomic E-state index is 0.00733. The van der Waals surface area contributed by atoms with Crippen LogP contribution in [0.1, 0.15) is 17.5 Å². The zero-order valence-corrected chi connectivity index (χ0v) is 14.6. The predicted molar refractivity (Wildman–Crippen MR) is 95.4 cm³/mol. The van der Waals surface area contributed by atoms with Crippen molar-refractivity contribution in [2.75, 3.05) is 25.7 Å². The maximum absolute atomic E-state index is 12.6. The Hall–Kier alpha value is -2.20. The standard InChI is InChI=1S/C19H20ClNO3/c1-21(15-6-8-18(23-2)16(20)12-15)19(22)11-13-5-7-17-14(10-13)4-3-9-24-17/h5-8,10,12H,3-4,9,11H2,1-2H3. The van der Waals surface area contributed by atoms with Crippen molar-refractivity contribution < 1.29 is 14.3 Å². The molecule has 0 aliphatic carbocycles. The first-order valence-electron chi connectivity index (χ1n) is 7.93. The number of fused-ring (bicyclic) bond motifs is 1. The fourth-order valence-electron chi connectivity index (χ4n) is 2.82. The summed E-state index contributed by atoms with van der Waals surface area (Å²) in [4.78, 5) is 14.2. The average Bonchev–Trinajstić information content (AvgIpc) is 2.60. The molecule has 1 heterocycles. The first-order chi connectivity index (χ1) is 11.6. The summed E-state index contributed by atoms with van der Waals surface area (Å²) in [5, 5.41) is 0.487. The average molecular weight is 346 g/mol. The molecule has 1 amide bonds. The third-order valence-corrected chi connectivity index (χ3v) is 4.52. The Kier molecular flexibility index (Phi) is 4.95. The molecule has 5 heteroatoms. The number of carbonyl (C=O) groups excluding carboxylic acids is 1. The number of ether oxygens (including phenoxy) is 2. The van der Waals surface area contributed by atoms with Gasteiger partial charge in [0.05, 0.1) is 25.2 Å². The first-order valence-corrected chi connectivity index (χ1v) is 8.31. The second-order valence-electron chi connectivity index (χ2n) is 5.84. The molecule has 0 aromatic heterocycles. The molecule has 0 bridgehead atoms. The van der Waals surface area contributed by atoms with Gasteiger partial charge in [-0.05, 0) is 48.2 Å². The van der Waals surface area contributed by atoms with Crippen LogP contribution in [0, 0.1) is 0 Å². The van der Waals surface area contributed by atoms with Gasteiger partial charge in [0, 0.05) is 12.7 Å². The summed E-state index contributed by atoms with van der Waals surface area (Å²) in [5.41, 5.74) is 2.92. The van der Waals surface area contributed by atoms with Crippen LogP contribution < -0.4 is 14.4 Å². The van der Waals surface area contributed by atoms with Gasteiger partial charge in [-0.15, -0.1) is 0 Å². The van der Waals surface area contributed by atoms with E-state index in [0.717, 1.165) is 36.4 Å². The van der Waals surface area contributed by atoms with Crippen molar-refractivity contribution >= 4 is 23.2 Å². The topological polar surface area (TPSA) is 38.8 Å². The number of anilines is 1. The molecular weight excluding hydrogens is 326 g/mol. The molecule has 0 fully saturated rings. The van der Waals surface area contributed by atoms with Crippen molar-refractivity contribution in [3.63, 3.8) is 0 Å². The lowest BCUT2D eigenvalue weighted by Gasteiger charge is -2.20. The fourth-order valence-corrected chi connectivity index (χ4v) is 3.08. The van der Waals surface area contributed by atoms with E-state index >= 15 is 0 Å². The Balaban J connectivity index is 1.73. The number of amides is 1. The molecule has 0 N–H and O–H groups in total. The number of methoxy groups -OCH3 is 1. The molecule has 2 aromatic rings. The van der Waals surface area contributed by atoms with Crippen LogP contribution in [-0.4, -0.2) is 26.7 Å². The van der Waals surface area contributed by atoms with Crippen LogP contribution in [0.4, 0.5) is 5.69 Å². The second kappa shape index (κ2) is 7.14. The van der Waals surface area contributed by atoms with Crippen LogP contribution in [0.2, 0.25) is 5.02 Å². The summed E-state index contributed by atoms with van der Waals surface area (Å²) in [6.45, 7) is 0.770. The van der Waals surface area contributed by atoms with Crippen LogP contribution in [-0.2, 0) is 17.6 Å². The van der Waals surface area contributed by atoms with E-state index < -0.39 is 0 Å². The predicted octanol–water partition coefficient (Wildman–Crippen LogP) is 3.88. The van der Waals surface area contributed by atoms with E-state index in [1.54, 1.807) is 31.2 Å². The summed E-state index contributed by atoms with van der Waals surface area (Å²) in [6.07, 6.45) is 2.36. The minimum Gasteiger partial charge on any atom is -0.495 e. The number of likely N-dealkylation sites (N-methyl/N-ethyl adjacent to an activating group) is 1. The third kappa shape index (κ3) is 3.49. The summed E-state index contributed by atoms with van der Waals surface area (Å²) < 4.78 is 10.8. The van der Waals surface area contributed by atoms with Gasteiger partial charge >= 0.3 is 0 Å². The van der Waals surface area contributed by atoms with Crippen LogP contribution in [0.5, 0.6) is 11.5 Å². The molecule has 4 nitrogen and oxygen atoms in total. The molecule has 1 aliphatic heterocycles. The summed E-state index contributed by atoms with van der Waals surface area (Å²) in [6, 6.07) is 11.3. The van der Waals surface area contributed by atoms with Crippen molar-refractivity contribution in [1.82, 2.24) is 0 Å². The summed E-state index contributed by atoms with van der Waals surface area (Å²) in [5.74, 6) is 1.54. The van der Waals surface area contributed by atoms with Crippen molar-refractivity contribution in [3.05, 3.63) is 52.5 Å². The zero-order valence-electron chi connectivity index (χ0n) is 13.8. The molecule has 2 aromatic carbocycles. The molecule has 0 radical (unpaired) electrons. The van der Waals surface area contributed by atoms with E-state index in [1.807, 2.05) is 18.2 Å². The highest BCUT2D eigenvalue weighted by Gasteiger charge is 2.16. The Morgan fingerprint density at radius 3 is 2.88 bits per heavy atom. The number of nitrogens with zero attached hydrogens (tertiary/aromatic N) is 1. The second-order valence-corrected chi connectivity index (χ2v) is 6.25. The van der Waals surface area contributed by atoms with E-state index in [9.17, 15) is 4.79 Å². The van der Waals surface area contributed by atoms with Crippen LogP contribution in [0.3, 0.4) is 0 Å². The largest absolute Gasteiger partial charge is 0.495 e. The number of hydrogen-bond donors (Lipinski definition) is 0. The van der Waals surface area contributed by atoms with Gasteiger partial charge in [-0.3, -0.25) is 4.79 Å². The zero-order chi connectivity index (χ0) is 17.1. The Morgan fingerprint density at radius 2 is 2.12 bits per heavy atom. The van der Waals surface area contributed by atoms with E-state index in [-0.39, 0.29) is 5.91 Å². The number of aryl methyl sites for hydroxylation is 1. The Morgan fingerprint density at radius 1 is 1.29 bits per heavy atom. The SMILES string of the molecule is COc1ccc(N(C)C(=O)Cc2ccc3c(c2)CCCO3)cc1Cl. The fraction of sp³-hybridized carbons (Fsp3) is 0.316. The molecule has 0 atom stereocenters. The Labute approximate surface area is 146 Å². The molecule has 0 unspecified atom stereocenters. The molecule has 3 rings (SSSR count). The molecule has 126 valence electrons. The molecule has 0 saturated carbocycles. The quantitative estimate of drug-likeness (QED) is 0.844. The number of benzene rings is 2.